The summed E-state index contributed by atoms with van der Waals surface area (Å²) in [7, 11) is 0. The van der Waals surface area contributed by atoms with E-state index < -0.39 is 0 Å². The lowest BCUT2D eigenvalue weighted by molar-refractivity contribution is -0.132. The predicted octanol–water partition coefficient (Wildman–Crippen LogP) is 5.95. The molecular formula is C30H44FN3O. The van der Waals surface area contributed by atoms with E-state index in [1.54, 1.807) is 0 Å². The molecule has 1 aliphatic carbocycles. The number of nitrogens with zero attached hydrogens (tertiary/aromatic N) is 2. The summed E-state index contributed by atoms with van der Waals surface area (Å²) in [6.45, 7) is 12.1. The molecule has 4 nitrogen and oxygen atoms in total. The van der Waals surface area contributed by atoms with Crippen LogP contribution in [0.1, 0.15) is 75.6 Å². The Bertz CT molecular complexity index is 835. The van der Waals surface area contributed by atoms with E-state index in [9.17, 15) is 9.18 Å². The van der Waals surface area contributed by atoms with E-state index in [0.717, 1.165) is 37.7 Å². The molecule has 35 heavy (non-hydrogen) atoms. The lowest BCUT2D eigenvalue weighted by Crippen LogP contribution is -2.52. The molecule has 1 unspecified atom stereocenters. The Kier molecular flexibility index (Phi) is 10.7. The quantitative estimate of drug-likeness (QED) is 0.554. The molecule has 0 aromatic heterocycles. The molecule has 2 fully saturated rings. The number of piperazine rings is 1. The lowest BCUT2D eigenvalue weighted by atomic mass is 9.95. The summed E-state index contributed by atoms with van der Waals surface area (Å²) < 4.78 is 13.5. The standard InChI is InChI=1S/C26H34FN3O.C4H10/c1-20-7-9-21(10-8-20)26(22-11-13-23(27)14-12-22)30-17-15-29(16-18-30)25(31)19-28-24-5-3-2-4-6-24;1-4(2)3/h7-14,24,26,28H,2-6,15-19H2,1H3;4H,1-3H3. The van der Waals surface area contributed by atoms with Crippen molar-refractivity contribution in [2.45, 2.75) is 71.9 Å². The van der Waals surface area contributed by atoms with Crippen LogP contribution in [-0.4, -0.2) is 54.5 Å². The molecule has 1 N–H and O–H groups in total. The molecule has 0 bridgehead atoms. The van der Waals surface area contributed by atoms with Crippen molar-refractivity contribution in [2.75, 3.05) is 32.7 Å². The molecule has 1 heterocycles. The summed E-state index contributed by atoms with van der Waals surface area (Å²) in [6, 6.07) is 16.0. The molecule has 1 saturated heterocycles. The van der Waals surface area contributed by atoms with Crippen molar-refractivity contribution in [3.63, 3.8) is 0 Å². The zero-order chi connectivity index (χ0) is 25.2. The van der Waals surface area contributed by atoms with Gasteiger partial charge in [0.15, 0.2) is 0 Å². The summed E-state index contributed by atoms with van der Waals surface area (Å²) in [5, 5.41) is 3.47. The fraction of sp³-hybridized carbons (Fsp3) is 0.567. The van der Waals surface area contributed by atoms with E-state index in [4.69, 9.17) is 0 Å². The van der Waals surface area contributed by atoms with Crippen LogP contribution in [0.5, 0.6) is 0 Å². The highest BCUT2D eigenvalue weighted by Gasteiger charge is 2.28. The van der Waals surface area contributed by atoms with E-state index in [1.165, 1.54) is 55.4 Å². The zero-order valence-corrected chi connectivity index (χ0v) is 22.1. The molecule has 2 aliphatic rings. The molecule has 0 spiro atoms. The van der Waals surface area contributed by atoms with Crippen LogP contribution < -0.4 is 5.32 Å². The van der Waals surface area contributed by atoms with Gasteiger partial charge in [-0.05, 0) is 48.9 Å². The minimum absolute atomic E-state index is 0.0683. The molecule has 2 aromatic carbocycles. The summed E-state index contributed by atoms with van der Waals surface area (Å²) >= 11 is 0. The third-order valence-electron chi connectivity index (χ3n) is 6.76. The van der Waals surface area contributed by atoms with Gasteiger partial charge in [0.25, 0.3) is 0 Å². The molecule has 1 amide bonds. The second-order valence-corrected chi connectivity index (χ2v) is 10.7. The Labute approximate surface area is 211 Å². The van der Waals surface area contributed by atoms with Crippen LogP contribution >= 0.6 is 0 Å². The van der Waals surface area contributed by atoms with Gasteiger partial charge in [-0.2, -0.15) is 0 Å². The molecule has 192 valence electrons. The van der Waals surface area contributed by atoms with Crippen molar-refractivity contribution in [3.8, 4) is 0 Å². The molecule has 5 heteroatoms. The van der Waals surface area contributed by atoms with Gasteiger partial charge in [0, 0.05) is 32.2 Å². The van der Waals surface area contributed by atoms with Gasteiger partial charge < -0.3 is 10.2 Å². The third kappa shape index (κ3) is 8.73. The highest BCUT2D eigenvalue weighted by molar-refractivity contribution is 5.78. The molecule has 1 aliphatic heterocycles. The number of nitrogens with one attached hydrogen (secondary N) is 1. The van der Waals surface area contributed by atoms with Crippen LogP contribution in [0.4, 0.5) is 4.39 Å². The normalized spacial score (nSPS) is 18.2. The van der Waals surface area contributed by atoms with Gasteiger partial charge in [-0.1, -0.05) is 82.0 Å². The topological polar surface area (TPSA) is 35.6 Å². The molecular weight excluding hydrogens is 437 g/mol. The van der Waals surface area contributed by atoms with Crippen LogP contribution in [-0.2, 0) is 4.79 Å². The highest BCUT2D eigenvalue weighted by atomic mass is 19.1. The van der Waals surface area contributed by atoms with Gasteiger partial charge in [0.05, 0.1) is 12.6 Å². The first-order chi connectivity index (χ1) is 16.8. The molecule has 1 saturated carbocycles. The fourth-order valence-electron chi connectivity index (χ4n) is 4.89. The maximum absolute atomic E-state index is 13.5. The lowest BCUT2D eigenvalue weighted by Gasteiger charge is -2.40. The average Bonchev–Trinajstić information content (AvgIpc) is 2.86. The minimum atomic E-state index is -0.215. The predicted molar refractivity (Wildman–Crippen MR) is 143 cm³/mol. The third-order valence-corrected chi connectivity index (χ3v) is 6.76. The van der Waals surface area contributed by atoms with Crippen molar-refractivity contribution < 1.29 is 9.18 Å². The van der Waals surface area contributed by atoms with E-state index in [2.05, 4.69) is 62.2 Å². The van der Waals surface area contributed by atoms with Gasteiger partial charge in [-0.25, -0.2) is 4.39 Å². The van der Waals surface area contributed by atoms with Crippen molar-refractivity contribution in [2.24, 2.45) is 5.92 Å². The SMILES string of the molecule is CC(C)C.Cc1ccc(C(c2ccc(F)cc2)N2CCN(C(=O)CNC3CCCCC3)CC2)cc1. The Hall–Kier alpha value is -2.24. The van der Waals surface area contributed by atoms with Crippen molar-refractivity contribution in [1.82, 2.24) is 15.1 Å². The van der Waals surface area contributed by atoms with Crippen molar-refractivity contribution in [3.05, 3.63) is 71.0 Å². The van der Waals surface area contributed by atoms with Gasteiger partial charge in [0.2, 0.25) is 5.91 Å². The number of carbonyl (C=O) groups excluding carboxylic acids is 1. The van der Waals surface area contributed by atoms with Gasteiger partial charge >= 0.3 is 0 Å². The summed E-state index contributed by atoms with van der Waals surface area (Å²) in [5.74, 6) is 0.825. The second-order valence-electron chi connectivity index (χ2n) is 10.7. The van der Waals surface area contributed by atoms with Gasteiger partial charge in [-0.3, -0.25) is 9.69 Å². The zero-order valence-electron chi connectivity index (χ0n) is 22.1. The second kappa shape index (κ2) is 13.7. The van der Waals surface area contributed by atoms with Crippen LogP contribution in [0.3, 0.4) is 0 Å². The number of hydrogen-bond acceptors (Lipinski definition) is 3. The average molecular weight is 482 g/mol. The summed E-state index contributed by atoms with van der Waals surface area (Å²) in [4.78, 5) is 17.1. The number of aryl methyl sites for hydroxylation is 1. The fourth-order valence-corrected chi connectivity index (χ4v) is 4.89. The molecule has 0 radical (unpaired) electrons. The largest absolute Gasteiger partial charge is 0.339 e. The number of benzene rings is 2. The van der Waals surface area contributed by atoms with Crippen molar-refractivity contribution in [1.29, 1.82) is 0 Å². The number of amides is 1. The molecule has 2 aromatic rings. The van der Waals surface area contributed by atoms with Crippen LogP contribution in [0.15, 0.2) is 48.5 Å². The van der Waals surface area contributed by atoms with Gasteiger partial charge in [-0.15, -0.1) is 0 Å². The van der Waals surface area contributed by atoms with E-state index >= 15 is 0 Å². The number of carbonyl (C=O) groups is 1. The number of hydrogen-bond donors (Lipinski definition) is 1. The first-order valence-electron chi connectivity index (χ1n) is 13.4. The van der Waals surface area contributed by atoms with Crippen LogP contribution in [0.25, 0.3) is 0 Å². The Morgan fingerprint density at radius 2 is 1.40 bits per heavy atom. The first kappa shape index (κ1) is 27.3. The Morgan fingerprint density at radius 3 is 1.94 bits per heavy atom. The Balaban J connectivity index is 0.000000795. The van der Waals surface area contributed by atoms with Crippen molar-refractivity contribution >= 4 is 5.91 Å². The molecule has 1 atom stereocenters. The van der Waals surface area contributed by atoms with Gasteiger partial charge in [0.1, 0.15) is 5.82 Å². The maximum atomic E-state index is 13.5. The maximum Gasteiger partial charge on any atom is 0.236 e. The smallest absolute Gasteiger partial charge is 0.236 e. The monoisotopic (exact) mass is 481 g/mol. The van der Waals surface area contributed by atoms with E-state index in [1.807, 2.05) is 17.0 Å². The summed E-state index contributed by atoms with van der Waals surface area (Å²) in [5.41, 5.74) is 3.52. The van der Waals surface area contributed by atoms with E-state index in [0.29, 0.717) is 12.6 Å². The minimum Gasteiger partial charge on any atom is -0.339 e. The number of halogens is 1. The van der Waals surface area contributed by atoms with Crippen LogP contribution in [0.2, 0.25) is 0 Å². The first-order valence-corrected chi connectivity index (χ1v) is 13.4. The molecule has 4 rings (SSSR count). The Morgan fingerprint density at radius 1 is 0.886 bits per heavy atom. The number of rotatable bonds is 6. The summed E-state index contributed by atoms with van der Waals surface area (Å²) in [6.07, 6.45) is 6.25. The van der Waals surface area contributed by atoms with E-state index in [-0.39, 0.29) is 17.8 Å². The van der Waals surface area contributed by atoms with Crippen LogP contribution in [0, 0.1) is 18.7 Å². The highest BCUT2D eigenvalue weighted by Crippen LogP contribution is 2.30.